The van der Waals surface area contributed by atoms with Gasteiger partial charge in [0.05, 0.1) is 17.5 Å². The lowest BCUT2D eigenvalue weighted by atomic mass is 9.86. The molecule has 1 aromatic carbocycles. The first kappa shape index (κ1) is 16.0. The van der Waals surface area contributed by atoms with Crippen molar-refractivity contribution in [2.24, 2.45) is 11.1 Å². The molecule has 2 fully saturated rings. The van der Waals surface area contributed by atoms with Gasteiger partial charge in [0.1, 0.15) is 12.7 Å². The van der Waals surface area contributed by atoms with Crippen molar-refractivity contribution in [1.82, 2.24) is 4.90 Å². The largest absolute Gasteiger partial charge is 0.411 e. The highest BCUT2D eigenvalue weighted by Gasteiger charge is 2.63. The SMILES string of the molecule is CC1(C)S[C@@H]2[C@H](CF)C(=O)N2[C@H]1C(=O)c1ccccc1C=NO. The van der Waals surface area contributed by atoms with Crippen LogP contribution in [0.2, 0.25) is 0 Å². The Bertz CT molecular complexity index is 692. The van der Waals surface area contributed by atoms with E-state index in [-0.39, 0.29) is 17.1 Å². The number of Topliss-reactive ketones (excluding diaryl/α,β-unsaturated/α-hetero) is 1. The quantitative estimate of drug-likeness (QED) is 0.301. The molecule has 2 heterocycles. The molecule has 1 N–H and O–H groups in total. The number of halogens is 1. The third-order valence-electron chi connectivity index (χ3n) is 4.39. The number of β-lactam (4-membered cyclic amide) rings is 1. The van der Waals surface area contributed by atoms with Crippen molar-refractivity contribution in [3.05, 3.63) is 35.4 Å². The molecule has 122 valence electrons. The summed E-state index contributed by atoms with van der Waals surface area (Å²) in [4.78, 5) is 26.7. The molecule has 0 aromatic heterocycles. The lowest BCUT2D eigenvalue weighted by Crippen LogP contribution is -2.63. The number of ketones is 1. The van der Waals surface area contributed by atoms with E-state index in [0.29, 0.717) is 11.1 Å². The van der Waals surface area contributed by atoms with Crippen LogP contribution in [-0.4, -0.2) is 50.8 Å². The third kappa shape index (κ3) is 2.34. The van der Waals surface area contributed by atoms with E-state index in [9.17, 15) is 14.0 Å². The van der Waals surface area contributed by atoms with Crippen molar-refractivity contribution >= 4 is 29.7 Å². The normalized spacial score (nSPS) is 28.7. The van der Waals surface area contributed by atoms with Crippen LogP contribution in [0.4, 0.5) is 4.39 Å². The van der Waals surface area contributed by atoms with Gasteiger partial charge in [0.2, 0.25) is 5.91 Å². The zero-order chi connectivity index (χ0) is 16.8. The van der Waals surface area contributed by atoms with Crippen molar-refractivity contribution in [2.45, 2.75) is 30.0 Å². The Morgan fingerprint density at radius 2 is 2.17 bits per heavy atom. The number of oxime groups is 1. The van der Waals surface area contributed by atoms with Gasteiger partial charge in [0.15, 0.2) is 5.78 Å². The van der Waals surface area contributed by atoms with Crippen LogP contribution in [0, 0.1) is 5.92 Å². The number of benzene rings is 1. The lowest BCUT2D eigenvalue weighted by Gasteiger charge is -2.43. The maximum Gasteiger partial charge on any atom is 0.232 e. The van der Waals surface area contributed by atoms with E-state index >= 15 is 0 Å². The van der Waals surface area contributed by atoms with Gasteiger partial charge in [-0.2, -0.15) is 0 Å². The molecule has 0 bridgehead atoms. The maximum absolute atomic E-state index is 13.0. The second-order valence-corrected chi connectivity index (χ2v) is 7.99. The summed E-state index contributed by atoms with van der Waals surface area (Å²) in [6.45, 7) is 3.09. The highest BCUT2D eigenvalue weighted by Crippen LogP contribution is 2.53. The van der Waals surface area contributed by atoms with Gasteiger partial charge in [-0.25, -0.2) is 0 Å². The van der Waals surface area contributed by atoms with Gasteiger partial charge in [-0.05, 0) is 13.8 Å². The zero-order valence-corrected chi connectivity index (χ0v) is 13.6. The number of amides is 1. The number of alkyl halides is 1. The first-order valence-electron chi connectivity index (χ1n) is 7.29. The summed E-state index contributed by atoms with van der Waals surface area (Å²) in [5.41, 5.74) is 0.875. The van der Waals surface area contributed by atoms with Crippen LogP contribution in [-0.2, 0) is 4.79 Å². The Balaban J connectivity index is 1.98. The summed E-state index contributed by atoms with van der Waals surface area (Å²) < 4.78 is 12.5. The standard InChI is InChI=1S/C16H17FN2O3S/c1-16(2)13(19-14(21)11(7-17)15(19)23-16)12(20)10-6-4-3-5-9(10)8-18-22/h3-6,8,11,13,15,22H,7H2,1-2H3/t11-,13+,15-/m1/s1. The maximum atomic E-state index is 13.0. The highest BCUT2D eigenvalue weighted by atomic mass is 32.2. The molecule has 7 heteroatoms. The van der Waals surface area contributed by atoms with E-state index in [1.807, 2.05) is 13.8 Å². The van der Waals surface area contributed by atoms with E-state index in [1.165, 1.54) is 22.9 Å². The summed E-state index contributed by atoms with van der Waals surface area (Å²) >= 11 is 1.47. The Hall–Kier alpha value is -1.89. The van der Waals surface area contributed by atoms with E-state index in [4.69, 9.17) is 5.21 Å². The Morgan fingerprint density at radius 3 is 2.83 bits per heavy atom. The Labute approximate surface area is 137 Å². The van der Waals surface area contributed by atoms with Crippen LogP contribution >= 0.6 is 11.8 Å². The van der Waals surface area contributed by atoms with E-state index in [1.54, 1.807) is 24.3 Å². The van der Waals surface area contributed by atoms with Crippen molar-refractivity contribution in [1.29, 1.82) is 0 Å². The van der Waals surface area contributed by atoms with Gasteiger partial charge in [-0.15, -0.1) is 11.8 Å². The van der Waals surface area contributed by atoms with Crippen LogP contribution < -0.4 is 0 Å². The number of carbonyl (C=O) groups excluding carboxylic acids is 2. The molecular formula is C16H17FN2O3S. The van der Waals surface area contributed by atoms with Crippen LogP contribution in [0.3, 0.4) is 0 Å². The number of thioether (sulfide) groups is 1. The average molecular weight is 336 g/mol. The van der Waals surface area contributed by atoms with Crippen LogP contribution in [0.15, 0.2) is 29.4 Å². The number of fused-ring (bicyclic) bond motifs is 1. The number of carbonyl (C=O) groups is 2. The van der Waals surface area contributed by atoms with Crippen molar-refractivity contribution < 1.29 is 19.2 Å². The number of hydrogen-bond donors (Lipinski definition) is 1. The second-order valence-electron chi connectivity index (χ2n) is 6.22. The van der Waals surface area contributed by atoms with E-state index in [0.717, 1.165) is 0 Å². The van der Waals surface area contributed by atoms with Crippen LogP contribution in [0.5, 0.6) is 0 Å². The van der Waals surface area contributed by atoms with E-state index in [2.05, 4.69) is 5.16 Å². The summed E-state index contributed by atoms with van der Waals surface area (Å²) in [5, 5.41) is 11.5. The van der Waals surface area contributed by atoms with Gasteiger partial charge in [-0.1, -0.05) is 29.4 Å². The van der Waals surface area contributed by atoms with Crippen molar-refractivity contribution in [3.63, 3.8) is 0 Å². The second kappa shape index (κ2) is 5.63. The summed E-state index contributed by atoms with van der Waals surface area (Å²) in [7, 11) is 0. The molecule has 0 spiro atoms. The fraction of sp³-hybridized carbons (Fsp3) is 0.438. The summed E-state index contributed by atoms with van der Waals surface area (Å²) in [5.74, 6) is -1.17. The molecule has 5 nitrogen and oxygen atoms in total. The van der Waals surface area contributed by atoms with Gasteiger partial charge >= 0.3 is 0 Å². The van der Waals surface area contributed by atoms with Gasteiger partial charge in [0, 0.05) is 15.9 Å². The third-order valence-corrected chi connectivity index (χ3v) is 6.02. The van der Waals surface area contributed by atoms with Crippen molar-refractivity contribution in [2.75, 3.05) is 6.67 Å². The zero-order valence-electron chi connectivity index (χ0n) is 12.8. The molecule has 2 saturated heterocycles. The van der Waals surface area contributed by atoms with Gasteiger partial charge < -0.3 is 10.1 Å². The monoisotopic (exact) mass is 336 g/mol. The first-order chi connectivity index (χ1) is 10.9. The van der Waals surface area contributed by atoms with Gasteiger partial charge in [-0.3, -0.25) is 14.0 Å². The molecule has 0 aliphatic carbocycles. The fourth-order valence-electron chi connectivity index (χ4n) is 3.30. The first-order valence-corrected chi connectivity index (χ1v) is 8.17. The van der Waals surface area contributed by atoms with Crippen LogP contribution in [0.25, 0.3) is 0 Å². The minimum absolute atomic E-state index is 0.217. The molecule has 0 unspecified atom stereocenters. The molecule has 1 aromatic rings. The van der Waals surface area contributed by atoms with E-state index < -0.39 is 23.4 Å². The molecule has 3 rings (SSSR count). The van der Waals surface area contributed by atoms with Crippen molar-refractivity contribution in [3.8, 4) is 0 Å². The number of hydrogen-bond acceptors (Lipinski definition) is 5. The number of rotatable bonds is 4. The number of nitrogens with zero attached hydrogens (tertiary/aromatic N) is 2. The highest BCUT2D eigenvalue weighted by molar-refractivity contribution is 8.01. The Morgan fingerprint density at radius 1 is 1.48 bits per heavy atom. The lowest BCUT2D eigenvalue weighted by molar-refractivity contribution is -0.152. The summed E-state index contributed by atoms with van der Waals surface area (Å²) in [6.07, 6.45) is 1.20. The molecular weight excluding hydrogens is 319 g/mol. The smallest absolute Gasteiger partial charge is 0.232 e. The predicted octanol–water partition coefficient (Wildman–Crippen LogP) is 2.33. The molecule has 0 radical (unpaired) electrons. The average Bonchev–Trinajstić information content (AvgIpc) is 2.76. The molecule has 2 aliphatic rings. The fourth-order valence-corrected chi connectivity index (χ4v) is 4.97. The van der Waals surface area contributed by atoms with Gasteiger partial charge in [0.25, 0.3) is 0 Å². The molecule has 23 heavy (non-hydrogen) atoms. The molecule has 1 amide bonds. The Kier molecular flexibility index (Phi) is 3.91. The minimum atomic E-state index is -0.697. The summed E-state index contributed by atoms with van der Waals surface area (Å²) in [6, 6.07) is 6.11. The predicted molar refractivity (Wildman–Crippen MR) is 85.7 cm³/mol. The molecule has 2 aliphatic heterocycles. The molecule has 0 saturated carbocycles. The van der Waals surface area contributed by atoms with Crippen LogP contribution in [0.1, 0.15) is 29.8 Å². The minimum Gasteiger partial charge on any atom is -0.411 e. The topological polar surface area (TPSA) is 70.0 Å². The molecule has 3 atom stereocenters.